The largest absolute Gasteiger partial charge is 0.480 e. The van der Waals surface area contributed by atoms with Gasteiger partial charge in [0.1, 0.15) is 11.5 Å². The fourth-order valence-electron chi connectivity index (χ4n) is 3.43. The van der Waals surface area contributed by atoms with Crippen molar-refractivity contribution in [2.75, 3.05) is 23.9 Å². The monoisotopic (exact) mass is 446 g/mol. The number of nitrogens with zero attached hydrogens (tertiary/aromatic N) is 2. The minimum Gasteiger partial charge on any atom is -0.480 e. The SMILES string of the molecule is Cc1c(O[C@H](C)C(=O)N(C)c2ccccc2)cccc1O[C@H](C)C(=O)N(C)c1ccccc1. The number of ether oxygens (including phenoxy) is 2. The molecule has 0 fully saturated rings. The van der Waals surface area contributed by atoms with E-state index in [4.69, 9.17) is 9.47 Å². The van der Waals surface area contributed by atoms with E-state index in [1.54, 1.807) is 55.9 Å². The zero-order chi connectivity index (χ0) is 24.0. The second kappa shape index (κ2) is 10.7. The van der Waals surface area contributed by atoms with E-state index < -0.39 is 12.2 Å². The van der Waals surface area contributed by atoms with Gasteiger partial charge in [-0.05, 0) is 57.2 Å². The van der Waals surface area contributed by atoms with Crippen LogP contribution in [0.4, 0.5) is 11.4 Å². The van der Waals surface area contributed by atoms with Gasteiger partial charge < -0.3 is 19.3 Å². The summed E-state index contributed by atoms with van der Waals surface area (Å²) in [6.45, 7) is 5.28. The van der Waals surface area contributed by atoms with Gasteiger partial charge in [0.2, 0.25) is 0 Å². The maximum atomic E-state index is 12.8. The highest BCUT2D eigenvalue weighted by atomic mass is 16.5. The van der Waals surface area contributed by atoms with Gasteiger partial charge in [-0.15, -0.1) is 0 Å². The lowest BCUT2D eigenvalue weighted by Gasteiger charge is -2.25. The van der Waals surface area contributed by atoms with Crippen LogP contribution >= 0.6 is 0 Å². The molecule has 0 bridgehead atoms. The van der Waals surface area contributed by atoms with Crippen molar-refractivity contribution in [3.05, 3.63) is 84.4 Å². The Morgan fingerprint density at radius 2 is 1.00 bits per heavy atom. The Labute approximate surface area is 195 Å². The number of hydrogen-bond donors (Lipinski definition) is 0. The predicted molar refractivity (Wildman–Crippen MR) is 131 cm³/mol. The first kappa shape index (κ1) is 23.9. The number of benzene rings is 3. The molecule has 0 aliphatic heterocycles. The Kier molecular flexibility index (Phi) is 7.72. The first-order valence-electron chi connectivity index (χ1n) is 10.9. The number of amides is 2. The number of hydrogen-bond acceptors (Lipinski definition) is 4. The van der Waals surface area contributed by atoms with E-state index in [-0.39, 0.29) is 11.8 Å². The average molecular weight is 447 g/mol. The highest BCUT2D eigenvalue weighted by Gasteiger charge is 2.24. The quantitative estimate of drug-likeness (QED) is 0.496. The molecule has 33 heavy (non-hydrogen) atoms. The highest BCUT2D eigenvalue weighted by molar-refractivity contribution is 5.96. The normalized spacial score (nSPS) is 12.4. The van der Waals surface area contributed by atoms with E-state index in [1.165, 1.54) is 0 Å². The summed E-state index contributed by atoms with van der Waals surface area (Å²) in [6.07, 6.45) is -1.40. The fraction of sp³-hybridized carbons (Fsp3) is 0.259. The highest BCUT2D eigenvalue weighted by Crippen LogP contribution is 2.30. The molecule has 3 aromatic rings. The number of para-hydroxylation sites is 2. The van der Waals surface area contributed by atoms with Crippen LogP contribution in [-0.2, 0) is 9.59 Å². The molecule has 0 saturated carbocycles. The summed E-state index contributed by atoms with van der Waals surface area (Å²) in [7, 11) is 3.45. The zero-order valence-electron chi connectivity index (χ0n) is 19.7. The second-order valence-electron chi connectivity index (χ2n) is 7.87. The fourth-order valence-corrected chi connectivity index (χ4v) is 3.43. The van der Waals surface area contributed by atoms with Gasteiger partial charge in [0.25, 0.3) is 11.8 Å². The van der Waals surface area contributed by atoms with Gasteiger partial charge in [-0.2, -0.15) is 0 Å². The number of carbonyl (C=O) groups excluding carboxylic acids is 2. The molecule has 0 aliphatic rings. The smallest absolute Gasteiger partial charge is 0.267 e. The van der Waals surface area contributed by atoms with E-state index in [0.29, 0.717) is 11.5 Å². The topological polar surface area (TPSA) is 59.1 Å². The Hall–Kier alpha value is -3.80. The molecule has 3 rings (SSSR count). The molecule has 172 valence electrons. The molecule has 0 unspecified atom stereocenters. The van der Waals surface area contributed by atoms with E-state index >= 15 is 0 Å². The van der Waals surface area contributed by atoms with E-state index in [1.807, 2.05) is 67.6 Å². The summed E-state index contributed by atoms with van der Waals surface area (Å²) < 4.78 is 12.0. The van der Waals surface area contributed by atoms with Crippen LogP contribution in [0.1, 0.15) is 19.4 Å². The Balaban J connectivity index is 1.68. The van der Waals surface area contributed by atoms with Crippen molar-refractivity contribution in [1.82, 2.24) is 0 Å². The lowest BCUT2D eigenvalue weighted by atomic mass is 10.2. The third-order valence-electron chi connectivity index (χ3n) is 5.49. The summed E-state index contributed by atoms with van der Waals surface area (Å²) in [5, 5.41) is 0. The van der Waals surface area contributed by atoms with Crippen LogP contribution in [0.3, 0.4) is 0 Å². The van der Waals surface area contributed by atoms with Crippen LogP contribution < -0.4 is 19.3 Å². The van der Waals surface area contributed by atoms with Gasteiger partial charge in [0.15, 0.2) is 12.2 Å². The summed E-state index contributed by atoms with van der Waals surface area (Å²) in [6, 6.07) is 24.2. The van der Waals surface area contributed by atoms with Crippen molar-refractivity contribution in [3.8, 4) is 11.5 Å². The molecule has 0 spiro atoms. The minimum atomic E-state index is -0.701. The Bertz CT molecular complexity index is 1000. The van der Waals surface area contributed by atoms with Crippen LogP contribution in [0, 0.1) is 6.92 Å². The summed E-state index contributed by atoms with van der Waals surface area (Å²) >= 11 is 0. The maximum Gasteiger partial charge on any atom is 0.267 e. The van der Waals surface area contributed by atoms with Crippen molar-refractivity contribution < 1.29 is 19.1 Å². The van der Waals surface area contributed by atoms with Gasteiger partial charge in [0, 0.05) is 31.0 Å². The summed E-state index contributed by atoms with van der Waals surface area (Å²) in [5.41, 5.74) is 2.31. The molecular weight excluding hydrogens is 416 g/mol. The first-order valence-corrected chi connectivity index (χ1v) is 10.9. The molecule has 0 N–H and O–H groups in total. The van der Waals surface area contributed by atoms with Gasteiger partial charge in [-0.1, -0.05) is 42.5 Å². The van der Waals surface area contributed by atoms with E-state index in [0.717, 1.165) is 16.9 Å². The summed E-state index contributed by atoms with van der Waals surface area (Å²) in [4.78, 5) is 28.8. The molecule has 2 amide bonds. The van der Waals surface area contributed by atoms with Crippen molar-refractivity contribution in [3.63, 3.8) is 0 Å². The number of carbonyl (C=O) groups is 2. The van der Waals surface area contributed by atoms with Crippen molar-refractivity contribution in [1.29, 1.82) is 0 Å². The van der Waals surface area contributed by atoms with Crippen LogP contribution in [0.2, 0.25) is 0 Å². The van der Waals surface area contributed by atoms with Crippen molar-refractivity contribution >= 4 is 23.2 Å². The molecule has 6 heteroatoms. The van der Waals surface area contributed by atoms with E-state index in [2.05, 4.69) is 0 Å². The average Bonchev–Trinajstić information content (AvgIpc) is 2.85. The van der Waals surface area contributed by atoms with Crippen molar-refractivity contribution in [2.45, 2.75) is 33.0 Å². The maximum absolute atomic E-state index is 12.8. The van der Waals surface area contributed by atoms with Crippen LogP contribution in [0.15, 0.2) is 78.9 Å². The number of rotatable bonds is 8. The molecule has 2 atom stereocenters. The number of likely N-dealkylation sites (N-methyl/N-ethyl adjacent to an activating group) is 2. The Morgan fingerprint density at radius 1 is 0.636 bits per heavy atom. The Morgan fingerprint density at radius 3 is 1.36 bits per heavy atom. The van der Waals surface area contributed by atoms with Gasteiger partial charge in [-0.3, -0.25) is 9.59 Å². The first-order chi connectivity index (χ1) is 15.8. The molecule has 0 aromatic heterocycles. The van der Waals surface area contributed by atoms with Gasteiger partial charge >= 0.3 is 0 Å². The van der Waals surface area contributed by atoms with Crippen molar-refractivity contribution in [2.24, 2.45) is 0 Å². The van der Waals surface area contributed by atoms with E-state index in [9.17, 15) is 9.59 Å². The zero-order valence-corrected chi connectivity index (χ0v) is 19.7. The minimum absolute atomic E-state index is 0.167. The molecule has 3 aromatic carbocycles. The molecular formula is C27H30N2O4. The molecule has 6 nitrogen and oxygen atoms in total. The van der Waals surface area contributed by atoms with Crippen LogP contribution in [0.5, 0.6) is 11.5 Å². The van der Waals surface area contributed by atoms with Gasteiger partial charge in [0.05, 0.1) is 0 Å². The standard InChI is InChI=1S/C27H30N2O4/c1-19-24(32-20(2)26(30)28(4)22-13-8-6-9-14-22)17-12-18-25(19)33-21(3)27(31)29(5)23-15-10-7-11-16-23/h6-18,20-21H,1-5H3/t20-,21-/m1/s1. The molecule has 0 saturated heterocycles. The van der Waals surface area contributed by atoms with Gasteiger partial charge in [-0.25, -0.2) is 0 Å². The lowest BCUT2D eigenvalue weighted by Crippen LogP contribution is -2.38. The predicted octanol–water partition coefficient (Wildman–Crippen LogP) is 4.86. The van der Waals surface area contributed by atoms with Crippen LogP contribution in [-0.4, -0.2) is 38.1 Å². The lowest BCUT2D eigenvalue weighted by molar-refractivity contribution is -0.124. The summed E-state index contributed by atoms with van der Waals surface area (Å²) in [5.74, 6) is 0.733. The number of anilines is 2. The molecule has 0 radical (unpaired) electrons. The molecule has 0 aliphatic carbocycles. The van der Waals surface area contributed by atoms with Crippen LogP contribution in [0.25, 0.3) is 0 Å². The third-order valence-corrected chi connectivity index (χ3v) is 5.49. The molecule has 0 heterocycles. The third kappa shape index (κ3) is 5.71. The second-order valence-corrected chi connectivity index (χ2v) is 7.87.